The average molecular weight is 256 g/mol. The Hall–Kier alpha value is -1.11. The topological polar surface area (TPSA) is 17.1 Å². The molecule has 0 aromatic heterocycles. The largest absolute Gasteiger partial charge is 0.294 e. The Morgan fingerprint density at radius 1 is 1.11 bits per heavy atom. The van der Waals surface area contributed by atoms with Crippen LogP contribution in [0.5, 0.6) is 0 Å². The zero-order valence-electron chi connectivity index (χ0n) is 12.0. The molecular weight excluding hydrogens is 232 g/mol. The quantitative estimate of drug-likeness (QED) is 0.725. The molecule has 0 aliphatic heterocycles. The van der Waals surface area contributed by atoms with E-state index in [9.17, 15) is 4.79 Å². The predicted molar refractivity (Wildman–Crippen MR) is 78.7 cm³/mol. The van der Waals surface area contributed by atoms with E-state index in [1.807, 2.05) is 0 Å². The van der Waals surface area contributed by atoms with E-state index in [1.165, 1.54) is 49.7 Å². The normalized spacial score (nSPS) is 24.3. The Kier molecular flexibility index (Phi) is 3.72. The molecule has 2 aliphatic carbocycles. The first-order valence-corrected chi connectivity index (χ1v) is 7.88. The van der Waals surface area contributed by atoms with Gasteiger partial charge in [-0.2, -0.15) is 0 Å². The van der Waals surface area contributed by atoms with Gasteiger partial charge in [0.1, 0.15) is 0 Å². The molecule has 1 nitrogen and oxygen atoms in total. The molecule has 0 saturated heterocycles. The van der Waals surface area contributed by atoms with E-state index in [-0.39, 0.29) is 0 Å². The molecule has 102 valence electrons. The number of hydrogen-bond donors (Lipinski definition) is 0. The molecule has 0 bridgehead atoms. The second-order valence-corrected chi connectivity index (χ2v) is 6.49. The minimum Gasteiger partial charge on any atom is -0.294 e. The van der Waals surface area contributed by atoms with Crippen LogP contribution in [-0.2, 0) is 0 Å². The fraction of sp³-hybridized carbons (Fsp3) is 0.611. The van der Waals surface area contributed by atoms with E-state index in [2.05, 4.69) is 25.1 Å². The van der Waals surface area contributed by atoms with E-state index < -0.39 is 0 Å². The summed E-state index contributed by atoms with van der Waals surface area (Å²) in [7, 11) is 0. The van der Waals surface area contributed by atoms with E-state index in [0.29, 0.717) is 11.7 Å². The maximum Gasteiger partial charge on any atom is 0.163 e. The Morgan fingerprint density at radius 2 is 1.89 bits per heavy atom. The molecule has 1 saturated carbocycles. The van der Waals surface area contributed by atoms with Gasteiger partial charge in [-0.25, -0.2) is 0 Å². The molecule has 1 atom stereocenters. The van der Waals surface area contributed by atoms with Crippen LogP contribution in [0.3, 0.4) is 0 Å². The number of rotatable bonds is 2. The van der Waals surface area contributed by atoms with E-state index in [0.717, 1.165) is 24.3 Å². The zero-order valence-corrected chi connectivity index (χ0v) is 12.0. The van der Waals surface area contributed by atoms with Gasteiger partial charge in [-0.15, -0.1) is 0 Å². The van der Waals surface area contributed by atoms with Gasteiger partial charge < -0.3 is 0 Å². The molecule has 0 N–H and O–H groups in total. The molecule has 1 unspecified atom stereocenters. The van der Waals surface area contributed by atoms with Gasteiger partial charge >= 0.3 is 0 Å². The van der Waals surface area contributed by atoms with Crippen LogP contribution in [0.4, 0.5) is 0 Å². The molecule has 1 heteroatoms. The van der Waals surface area contributed by atoms with Crippen LogP contribution >= 0.6 is 0 Å². The third-order valence-corrected chi connectivity index (χ3v) is 5.01. The maximum atomic E-state index is 12.1. The Balaban J connectivity index is 1.80. The lowest BCUT2D eigenvalue weighted by Gasteiger charge is -2.30. The molecule has 0 spiro atoms. The highest BCUT2D eigenvalue weighted by Crippen LogP contribution is 2.39. The number of ketones is 1. The van der Waals surface area contributed by atoms with Crippen molar-refractivity contribution in [2.24, 2.45) is 5.92 Å². The highest BCUT2D eigenvalue weighted by Gasteiger charge is 2.28. The second kappa shape index (κ2) is 5.48. The van der Waals surface area contributed by atoms with Gasteiger partial charge in [0, 0.05) is 12.0 Å². The van der Waals surface area contributed by atoms with Crippen LogP contribution in [0.1, 0.15) is 78.8 Å². The summed E-state index contributed by atoms with van der Waals surface area (Å²) < 4.78 is 0. The van der Waals surface area contributed by atoms with Gasteiger partial charge in [0.2, 0.25) is 0 Å². The van der Waals surface area contributed by atoms with Crippen molar-refractivity contribution in [3.63, 3.8) is 0 Å². The number of carbonyl (C=O) groups excluding carboxylic acids is 1. The molecule has 1 fully saturated rings. The first-order valence-electron chi connectivity index (χ1n) is 7.88. The van der Waals surface area contributed by atoms with Crippen LogP contribution in [0.15, 0.2) is 18.2 Å². The minimum atomic E-state index is 0.360. The van der Waals surface area contributed by atoms with Crippen molar-refractivity contribution in [1.82, 2.24) is 0 Å². The number of fused-ring (bicyclic) bond motifs is 1. The van der Waals surface area contributed by atoms with E-state index in [4.69, 9.17) is 0 Å². The number of Topliss-reactive ketones (excluding diaryl/α,β-unsaturated/α-hetero) is 1. The monoisotopic (exact) mass is 256 g/mol. The Morgan fingerprint density at radius 3 is 2.68 bits per heavy atom. The zero-order chi connectivity index (χ0) is 13.2. The number of benzene rings is 1. The van der Waals surface area contributed by atoms with Crippen molar-refractivity contribution in [3.05, 3.63) is 34.9 Å². The summed E-state index contributed by atoms with van der Waals surface area (Å²) in [6, 6.07) is 6.49. The third kappa shape index (κ3) is 2.75. The first kappa shape index (κ1) is 12.9. The van der Waals surface area contributed by atoms with Gasteiger partial charge in [0.05, 0.1) is 0 Å². The third-order valence-electron chi connectivity index (χ3n) is 5.01. The van der Waals surface area contributed by atoms with Crippen LogP contribution in [0.25, 0.3) is 0 Å². The van der Waals surface area contributed by atoms with Gasteiger partial charge in [0.25, 0.3) is 0 Å². The standard InChI is InChI=1S/C18H24O/c1-13-7-9-16-15(8-10-18(19)17(16)11-13)12-14-5-3-2-4-6-14/h7,9,11,14-15H,2-6,8,10,12H2,1H3. The van der Waals surface area contributed by atoms with Crippen molar-refractivity contribution in [3.8, 4) is 0 Å². The molecule has 1 aromatic carbocycles. The molecule has 2 aliphatic rings. The summed E-state index contributed by atoms with van der Waals surface area (Å²) in [6.07, 6.45) is 10.2. The first-order chi connectivity index (χ1) is 9.24. The molecule has 0 radical (unpaired) electrons. The van der Waals surface area contributed by atoms with Gasteiger partial charge in [-0.05, 0) is 43.2 Å². The van der Waals surface area contributed by atoms with Crippen molar-refractivity contribution in [2.75, 3.05) is 0 Å². The highest BCUT2D eigenvalue weighted by molar-refractivity contribution is 5.98. The lowest BCUT2D eigenvalue weighted by atomic mass is 9.74. The van der Waals surface area contributed by atoms with Gasteiger partial charge in [-0.3, -0.25) is 4.79 Å². The average Bonchev–Trinajstić information content (AvgIpc) is 2.43. The van der Waals surface area contributed by atoms with Gasteiger partial charge in [0.15, 0.2) is 5.78 Å². The lowest BCUT2D eigenvalue weighted by Crippen LogP contribution is -2.19. The van der Waals surface area contributed by atoms with Crippen molar-refractivity contribution >= 4 is 5.78 Å². The molecular formula is C18H24O. The highest BCUT2D eigenvalue weighted by atomic mass is 16.1. The fourth-order valence-electron chi connectivity index (χ4n) is 3.93. The molecule has 19 heavy (non-hydrogen) atoms. The summed E-state index contributed by atoms with van der Waals surface area (Å²) in [5.74, 6) is 1.90. The van der Waals surface area contributed by atoms with Gasteiger partial charge in [-0.1, -0.05) is 49.8 Å². The SMILES string of the molecule is Cc1ccc2c(c1)C(=O)CCC2CC1CCCCC1. The van der Waals surface area contributed by atoms with Crippen LogP contribution in [-0.4, -0.2) is 5.78 Å². The van der Waals surface area contributed by atoms with Crippen molar-refractivity contribution in [1.29, 1.82) is 0 Å². The van der Waals surface area contributed by atoms with Crippen LogP contribution in [0.2, 0.25) is 0 Å². The molecule has 0 amide bonds. The predicted octanol–water partition coefficient (Wildman–Crippen LogP) is 5.03. The number of carbonyl (C=O) groups is 1. The van der Waals surface area contributed by atoms with Crippen molar-refractivity contribution < 1.29 is 4.79 Å². The number of aryl methyl sites for hydroxylation is 1. The lowest BCUT2D eigenvalue weighted by molar-refractivity contribution is 0.0963. The summed E-state index contributed by atoms with van der Waals surface area (Å²) in [5.41, 5.74) is 3.57. The maximum absolute atomic E-state index is 12.1. The number of hydrogen-bond acceptors (Lipinski definition) is 1. The van der Waals surface area contributed by atoms with Crippen LogP contribution in [0, 0.1) is 12.8 Å². The summed E-state index contributed by atoms with van der Waals surface area (Å²) in [5, 5.41) is 0. The smallest absolute Gasteiger partial charge is 0.163 e. The van der Waals surface area contributed by atoms with Crippen molar-refractivity contribution in [2.45, 2.75) is 64.2 Å². The molecule has 3 rings (SSSR count). The van der Waals surface area contributed by atoms with E-state index in [1.54, 1.807) is 0 Å². The molecule has 1 aromatic rings. The fourth-order valence-corrected chi connectivity index (χ4v) is 3.93. The Bertz CT molecular complexity index is 469. The second-order valence-electron chi connectivity index (χ2n) is 6.49. The summed E-state index contributed by atoms with van der Waals surface area (Å²) in [4.78, 5) is 12.1. The Labute approximate surface area is 116 Å². The van der Waals surface area contributed by atoms with Crippen LogP contribution < -0.4 is 0 Å². The van der Waals surface area contributed by atoms with E-state index >= 15 is 0 Å². The minimum absolute atomic E-state index is 0.360. The summed E-state index contributed by atoms with van der Waals surface area (Å²) in [6.45, 7) is 2.08. The molecule has 0 heterocycles. The summed E-state index contributed by atoms with van der Waals surface area (Å²) >= 11 is 0.